The number of methoxy groups -OCH3 is 3. The van der Waals surface area contributed by atoms with Crippen molar-refractivity contribution in [2.24, 2.45) is 0 Å². The maximum absolute atomic E-state index is 13.0. The van der Waals surface area contributed by atoms with Gasteiger partial charge < -0.3 is 24.4 Å². The Bertz CT molecular complexity index is 1150. The van der Waals surface area contributed by atoms with Crippen LogP contribution < -0.4 is 19.5 Å². The van der Waals surface area contributed by atoms with Crippen molar-refractivity contribution in [2.45, 2.75) is 18.4 Å². The highest BCUT2D eigenvalue weighted by Gasteiger charge is 2.34. The van der Waals surface area contributed by atoms with Gasteiger partial charge in [0.15, 0.2) is 11.5 Å². The van der Waals surface area contributed by atoms with E-state index in [1.165, 1.54) is 11.1 Å². The van der Waals surface area contributed by atoms with Gasteiger partial charge >= 0.3 is 0 Å². The monoisotopic (exact) mass is 494 g/mol. The second-order valence-electron chi connectivity index (χ2n) is 8.67. The lowest BCUT2D eigenvalue weighted by Gasteiger charge is -2.20. The number of carbonyl (C=O) groups excluding carboxylic acids is 1. The average molecular weight is 495 g/mol. The molecule has 0 bridgehead atoms. The minimum Gasteiger partial charge on any atom is -0.497 e. The summed E-state index contributed by atoms with van der Waals surface area (Å²) in [5.41, 5.74) is 2.92. The number of amides is 1. The lowest BCUT2D eigenvalue weighted by atomic mass is 9.94. The van der Waals surface area contributed by atoms with E-state index in [2.05, 4.69) is 28.4 Å². The molecule has 0 spiro atoms. The van der Waals surface area contributed by atoms with Gasteiger partial charge in [0, 0.05) is 42.2 Å². The first-order valence-corrected chi connectivity index (χ1v) is 12.0. The Balaban J connectivity index is 1.49. The zero-order valence-electron chi connectivity index (χ0n) is 20.3. The molecule has 4 rings (SSSR count). The minimum atomic E-state index is -0.113. The van der Waals surface area contributed by atoms with Crippen molar-refractivity contribution in [1.82, 2.24) is 10.2 Å². The number of benzene rings is 3. The normalized spacial score (nSPS) is 17.7. The predicted octanol–water partition coefficient (Wildman–Crippen LogP) is 4.81. The molecule has 3 aromatic carbocycles. The average Bonchev–Trinajstić information content (AvgIpc) is 3.29. The number of nitrogens with zero attached hydrogens (tertiary/aromatic N) is 1. The fourth-order valence-corrected chi connectivity index (χ4v) is 4.80. The van der Waals surface area contributed by atoms with Gasteiger partial charge in [-0.25, -0.2) is 0 Å². The summed E-state index contributed by atoms with van der Waals surface area (Å²) in [6, 6.07) is 21.1. The third-order valence-electron chi connectivity index (χ3n) is 6.51. The van der Waals surface area contributed by atoms with E-state index in [0.29, 0.717) is 10.6 Å². The van der Waals surface area contributed by atoms with Crippen LogP contribution in [0.3, 0.4) is 0 Å². The molecule has 0 unspecified atom stereocenters. The van der Waals surface area contributed by atoms with Gasteiger partial charge in [-0.3, -0.25) is 4.79 Å². The third-order valence-corrected chi connectivity index (χ3v) is 6.74. The van der Waals surface area contributed by atoms with Crippen LogP contribution in [0, 0.1) is 0 Å². The van der Waals surface area contributed by atoms with Crippen LogP contribution >= 0.6 is 11.6 Å². The van der Waals surface area contributed by atoms with E-state index >= 15 is 0 Å². The van der Waals surface area contributed by atoms with Crippen molar-refractivity contribution in [2.75, 3.05) is 41.0 Å². The third kappa shape index (κ3) is 6.08. The molecular formula is C28H31ClN2O4. The minimum absolute atomic E-state index is 0.0275. The lowest BCUT2D eigenvalue weighted by Crippen LogP contribution is -2.40. The highest BCUT2D eigenvalue weighted by Crippen LogP contribution is 2.31. The summed E-state index contributed by atoms with van der Waals surface area (Å²) in [5.74, 6) is 2.32. The smallest absolute Gasteiger partial charge is 0.251 e. The molecule has 1 aliphatic heterocycles. The van der Waals surface area contributed by atoms with Gasteiger partial charge in [0.2, 0.25) is 0 Å². The van der Waals surface area contributed by atoms with Crippen molar-refractivity contribution in [3.8, 4) is 17.2 Å². The number of ether oxygens (including phenoxy) is 3. The van der Waals surface area contributed by atoms with Crippen LogP contribution in [0.25, 0.3) is 0 Å². The molecule has 1 amide bonds. The van der Waals surface area contributed by atoms with Gasteiger partial charge in [-0.05, 0) is 60.0 Å². The van der Waals surface area contributed by atoms with Gasteiger partial charge in [-0.2, -0.15) is 0 Å². The lowest BCUT2D eigenvalue weighted by molar-refractivity contribution is 0.0935. The molecule has 6 nitrogen and oxygen atoms in total. The predicted molar refractivity (Wildman–Crippen MR) is 138 cm³/mol. The second kappa shape index (κ2) is 11.5. The summed E-state index contributed by atoms with van der Waals surface area (Å²) >= 11 is 6.11. The van der Waals surface area contributed by atoms with Crippen molar-refractivity contribution in [1.29, 1.82) is 0 Å². The Morgan fingerprint density at radius 3 is 2.40 bits per heavy atom. The van der Waals surface area contributed by atoms with E-state index in [-0.39, 0.29) is 17.9 Å². The van der Waals surface area contributed by atoms with E-state index in [0.717, 1.165) is 43.3 Å². The highest BCUT2D eigenvalue weighted by atomic mass is 35.5. The van der Waals surface area contributed by atoms with Crippen LogP contribution in [0.2, 0.25) is 5.02 Å². The van der Waals surface area contributed by atoms with Gasteiger partial charge in [0.25, 0.3) is 5.91 Å². The number of hydrogen-bond donors (Lipinski definition) is 1. The molecule has 3 aromatic rings. The highest BCUT2D eigenvalue weighted by molar-refractivity contribution is 6.30. The van der Waals surface area contributed by atoms with Crippen LogP contribution in [0.5, 0.6) is 17.2 Å². The fourth-order valence-electron chi connectivity index (χ4n) is 4.61. The first-order chi connectivity index (χ1) is 17.0. The fraction of sp³-hybridized carbons (Fsp3) is 0.321. The molecular weight excluding hydrogens is 464 g/mol. The van der Waals surface area contributed by atoms with Crippen LogP contribution in [-0.2, 0) is 6.42 Å². The standard InChI is InChI=1S/C28H31ClN2O4/c1-33-23-10-8-20(9-11-23)24-17-31(14-13-19-7-12-26(34-2)27(15-19)35-3)18-25(24)30-28(32)21-5-4-6-22(29)16-21/h4-12,15-16,24-25H,13-14,17-18H2,1-3H3,(H,30,32)/t24-,25+/m1/s1. The SMILES string of the molecule is COc1ccc([C@H]2CN(CCc3ccc(OC)c(OC)c3)C[C@@H]2NC(=O)c2cccc(Cl)c2)cc1. The Kier molecular flexibility index (Phi) is 8.16. The molecule has 1 N–H and O–H groups in total. The van der Waals surface area contributed by atoms with Crippen molar-refractivity contribution >= 4 is 17.5 Å². The number of hydrogen-bond acceptors (Lipinski definition) is 5. The summed E-state index contributed by atoms with van der Waals surface area (Å²) in [6.07, 6.45) is 0.866. The summed E-state index contributed by atoms with van der Waals surface area (Å²) in [7, 11) is 4.95. The summed E-state index contributed by atoms with van der Waals surface area (Å²) < 4.78 is 16.1. The first-order valence-electron chi connectivity index (χ1n) is 11.6. The Morgan fingerprint density at radius 1 is 0.943 bits per heavy atom. The first kappa shape index (κ1) is 24.9. The summed E-state index contributed by atoms with van der Waals surface area (Å²) in [6.45, 7) is 2.47. The molecule has 0 aromatic heterocycles. The molecule has 184 valence electrons. The van der Waals surface area contributed by atoms with Crippen LogP contribution in [0.15, 0.2) is 66.7 Å². The molecule has 1 saturated heterocycles. The van der Waals surface area contributed by atoms with Crippen LogP contribution in [0.4, 0.5) is 0 Å². The van der Waals surface area contributed by atoms with Gasteiger partial charge in [0.1, 0.15) is 5.75 Å². The summed E-state index contributed by atoms with van der Waals surface area (Å²) in [5, 5.41) is 3.80. The number of nitrogens with one attached hydrogen (secondary N) is 1. The largest absolute Gasteiger partial charge is 0.497 e. The number of rotatable bonds is 9. The molecule has 1 aliphatic rings. The maximum atomic E-state index is 13.0. The van der Waals surface area contributed by atoms with Gasteiger partial charge in [0.05, 0.1) is 21.3 Å². The Hall–Kier alpha value is -3.22. The molecule has 0 saturated carbocycles. The van der Waals surface area contributed by atoms with Crippen molar-refractivity contribution in [3.63, 3.8) is 0 Å². The van der Waals surface area contributed by atoms with Crippen molar-refractivity contribution < 1.29 is 19.0 Å². The molecule has 1 fully saturated rings. The maximum Gasteiger partial charge on any atom is 0.251 e. The van der Waals surface area contributed by atoms with Gasteiger partial charge in [-0.1, -0.05) is 35.9 Å². The molecule has 1 heterocycles. The second-order valence-corrected chi connectivity index (χ2v) is 9.11. The number of likely N-dealkylation sites (tertiary alicyclic amines) is 1. The zero-order chi connectivity index (χ0) is 24.8. The molecule has 0 radical (unpaired) electrons. The molecule has 0 aliphatic carbocycles. The Morgan fingerprint density at radius 2 is 1.71 bits per heavy atom. The van der Waals surface area contributed by atoms with E-state index in [1.807, 2.05) is 24.3 Å². The van der Waals surface area contributed by atoms with Crippen LogP contribution in [0.1, 0.15) is 27.4 Å². The number of carbonyl (C=O) groups is 1. The van der Waals surface area contributed by atoms with E-state index in [4.69, 9.17) is 25.8 Å². The topological polar surface area (TPSA) is 60.0 Å². The van der Waals surface area contributed by atoms with Crippen LogP contribution in [-0.4, -0.2) is 57.8 Å². The van der Waals surface area contributed by atoms with E-state index in [1.54, 1.807) is 45.6 Å². The number of halogens is 1. The summed E-state index contributed by atoms with van der Waals surface area (Å²) in [4.78, 5) is 15.4. The molecule has 7 heteroatoms. The Labute approximate surface area is 211 Å². The van der Waals surface area contributed by atoms with E-state index in [9.17, 15) is 4.79 Å². The molecule has 2 atom stereocenters. The van der Waals surface area contributed by atoms with Crippen molar-refractivity contribution in [3.05, 3.63) is 88.4 Å². The van der Waals surface area contributed by atoms with E-state index < -0.39 is 0 Å². The zero-order valence-corrected chi connectivity index (χ0v) is 21.0. The molecule has 35 heavy (non-hydrogen) atoms. The quantitative estimate of drug-likeness (QED) is 0.462. The van der Waals surface area contributed by atoms with Gasteiger partial charge in [-0.15, -0.1) is 0 Å².